The Bertz CT molecular complexity index is 456. The van der Waals surface area contributed by atoms with Gasteiger partial charge in [-0.15, -0.1) is 0 Å². The van der Waals surface area contributed by atoms with E-state index in [9.17, 15) is 26.3 Å². The number of benzene rings is 1. The Morgan fingerprint density at radius 1 is 1.17 bits per heavy atom. The van der Waals surface area contributed by atoms with Gasteiger partial charge in [0.1, 0.15) is 11.9 Å². The van der Waals surface area contributed by atoms with Crippen molar-refractivity contribution in [1.82, 2.24) is 0 Å². The minimum Gasteiger partial charge on any atom is -0.319 e. The fraction of sp³-hybridized carbons (Fsp3) is 0.400. The van der Waals surface area contributed by atoms with E-state index in [1.165, 1.54) is 6.92 Å². The minimum absolute atomic E-state index is 0.154. The van der Waals surface area contributed by atoms with Gasteiger partial charge in [-0.1, -0.05) is 17.7 Å². The minimum atomic E-state index is -5.88. The fourth-order valence-corrected chi connectivity index (χ4v) is 1.59. The van der Waals surface area contributed by atoms with Gasteiger partial charge in [0.05, 0.1) is 5.02 Å². The van der Waals surface area contributed by atoms with Crippen molar-refractivity contribution < 1.29 is 26.3 Å². The molecule has 1 atom stereocenters. The molecule has 0 heterocycles. The number of aryl methyl sites for hydroxylation is 1. The highest BCUT2D eigenvalue weighted by Gasteiger charge is 2.62. The van der Waals surface area contributed by atoms with Gasteiger partial charge < -0.3 is 5.73 Å². The molecule has 0 amide bonds. The summed E-state index contributed by atoms with van der Waals surface area (Å²) in [4.78, 5) is 0. The summed E-state index contributed by atoms with van der Waals surface area (Å²) < 4.78 is 75.8. The summed E-state index contributed by atoms with van der Waals surface area (Å²) in [6.07, 6.45) is -5.88. The number of hydrogen-bond donors (Lipinski definition) is 1. The zero-order valence-electron chi connectivity index (χ0n) is 8.96. The van der Waals surface area contributed by atoms with Crippen molar-refractivity contribution in [3.63, 3.8) is 0 Å². The van der Waals surface area contributed by atoms with Gasteiger partial charge in [-0.2, -0.15) is 22.0 Å². The van der Waals surface area contributed by atoms with Crippen molar-refractivity contribution in [2.45, 2.75) is 25.1 Å². The van der Waals surface area contributed by atoms with E-state index in [2.05, 4.69) is 0 Å². The lowest BCUT2D eigenvalue weighted by molar-refractivity contribution is -0.291. The first-order valence-electron chi connectivity index (χ1n) is 4.64. The number of halogens is 7. The molecule has 0 unspecified atom stereocenters. The highest BCUT2D eigenvalue weighted by Crippen LogP contribution is 2.45. The molecule has 0 radical (unpaired) electrons. The molecule has 18 heavy (non-hydrogen) atoms. The van der Waals surface area contributed by atoms with E-state index in [1.54, 1.807) is 0 Å². The van der Waals surface area contributed by atoms with E-state index < -0.39 is 34.5 Å². The van der Waals surface area contributed by atoms with E-state index >= 15 is 0 Å². The fourth-order valence-electron chi connectivity index (χ4n) is 1.32. The summed E-state index contributed by atoms with van der Waals surface area (Å²) in [5.41, 5.74) is 3.95. The SMILES string of the molecule is Cc1ccc(F)c([C@H](N)C(F)(F)C(F)(F)F)c1Cl. The molecule has 0 saturated heterocycles. The average molecular weight is 292 g/mol. The molecule has 0 aliphatic heterocycles. The Kier molecular flexibility index (Phi) is 3.88. The van der Waals surface area contributed by atoms with Crippen LogP contribution in [-0.4, -0.2) is 12.1 Å². The van der Waals surface area contributed by atoms with E-state index in [4.69, 9.17) is 17.3 Å². The van der Waals surface area contributed by atoms with Gasteiger partial charge >= 0.3 is 12.1 Å². The molecule has 2 N–H and O–H groups in total. The van der Waals surface area contributed by atoms with Crippen molar-refractivity contribution in [2.75, 3.05) is 0 Å². The van der Waals surface area contributed by atoms with Crippen LogP contribution in [0.1, 0.15) is 17.2 Å². The second-order valence-corrected chi connectivity index (χ2v) is 4.07. The third kappa shape index (κ3) is 2.42. The van der Waals surface area contributed by atoms with Crippen LogP contribution in [0.5, 0.6) is 0 Å². The largest absolute Gasteiger partial charge is 0.455 e. The molecular formula is C10H8ClF6N. The van der Waals surface area contributed by atoms with Crippen molar-refractivity contribution in [3.8, 4) is 0 Å². The third-order valence-electron chi connectivity index (χ3n) is 2.40. The van der Waals surface area contributed by atoms with Gasteiger partial charge in [0.25, 0.3) is 0 Å². The standard InChI is InChI=1S/C10H8ClF6N/c1-4-2-3-5(12)6(7(4)11)8(18)9(13,14)10(15,16)17/h2-3,8H,18H2,1H3/t8-/m0/s1. The highest BCUT2D eigenvalue weighted by atomic mass is 35.5. The van der Waals surface area contributed by atoms with Crippen molar-refractivity contribution in [1.29, 1.82) is 0 Å². The molecule has 8 heteroatoms. The van der Waals surface area contributed by atoms with Gasteiger partial charge in [-0.05, 0) is 18.6 Å². The van der Waals surface area contributed by atoms with Crippen LogP contribution in [-0.2, 0) is 0 Å². The topological polar surface area (TPSA) is 26.0 Å². The number of nitrogens with two attached hydrogens (primary N) is 1. The first kappa shape index (κ1) is 15.1. The Labute approximate surface area is 104 Å². The third-order valence-corrected chi connectivity index (χ3v) is 2.90. The number of alkyl halides is 5. The van der Waals surface area contributed by atoms with Crippen LogP contribution < -0.4 is 5.73 Å². The Balaban J connectivity index is 3.36. The van der Waals surface area contributed by atoms with Crippen LogP contribution in [0.4, 0.5) is 26.3 Å². The normalized spacial score (nSPS) is 14.7. The second kappa shape index (κ2) is 4.62. The van der Waals surface area contributed by atoms with Crippen LogP contribution in [0.25, 0.3) is 0 Å². The van der Waals surface area contributed by atoms with Gasteiger partial charge in [0.15, 0.2) is 0 Å². The van der Waals surface area contributed by atoms with Crippen molar-refractivity contribution in [2.24, 2.45) is 5.73 Å². The first-order chi connectivity index (χ1) is 8.00. The Morgan fingerprint density at radius 2 is 1.67 bits per heavy atom. The molecule has 1 rings (SSSR count). The number of hydrogen-bond acceptors (Lipinski definition) is 1. The van der Waals surface area contributed by atoms with Crippen molar-refractivity contribution in [3.05, 3.63) is 34.1 Å². The second-order valence-electron chi connectivity index (χ2n) is 3.69. The zero-order valence-corrected chi connectivity index (χ0v) is 9.71. The molecule has 1 nitrogen and oxygen atoms in total. The lowest BCUT2D eigenvalue weighted by Gasteiger charge is -2.27. The highest BCUT2D eigenvalue weighted by molar-refractivity contribution is 6.32. The van der Waals surface area contributed by atoms with Gasteiger partial charge in [-0.25, -0.2) is 4.39 Å². The Morgan fingerprint density at radius 3 is 2.11 bits per heavy atom. The predicted molar refractivity (Wildman–Crippen MR) is 54.1 cm³/mol. The average Bonchev–Trinajstić information content (AvgIpc) is 2.22. The van der Waals surface area contributed by atoms with E-state index in [1.807, 2.05) is 0 Å². The molecule has 1 aromatic carbocycles. The molecule has 0 spiro atoms. The maximum atomic E-state index is 13.3. The summed E-state index contributed by atoms with van der Waals surface area (Å²) in [6, 6.07) is -1.01. The maximum absolute atomic E-state index is 13.3. The molecule has 1 aromatic rings. The molecule has 0 bridgehead atoms. The smallest absolute Gasteiger partial charge is 0.319 e. The Hall–Kier alpha value is -0.950. The van der Waals surface area contributed by atoms with Crippen molar-refractivity contribution >= 4 is 11.6 Å². The summed E-state index contributed by atoms with van der Waals surface area (Å²) in [6.45, 7) is 1.34. The van der Waals surface area contributed by atoms with E-state index in [-0.39, 0.29) is 5.56 Å². The molecule has 102 valence electrons. The van der Waals surface area contributed by atoms with Crippen LogP contribution in [0.3, 0.4) is 0 Å². The summed E-state index contributed by atoms with van der Waals surface area (Å²) in [5, 5.41) is -0.536. The van der Waals surface area contributed by atoms with Crippen LogP contribution in [0.2, 0.25) is 5.02 Å². The summed E-state index contributed by atoms with van der Waals surface area (Å²) in [7, 11) is 0. The lowest BCUT2D eigenvalue weighted by Crippen LogP contribution is -2.46. The lowest BCUT2D eigenvalue weighted by atomic mass is 9.98. The zero-order chi connectivity index (χ0) is 14.3. The van der Waals surface area contributed by atoms with Gasteiger partial charge in [0, 0.05) is 5.56 Å². The molecule has 0 fully saturated rings. The van der Waals surface area contributed by atoms with Crippen LogP contribution in [0.15, 0.2) is 12.1 Å². The molecule has 0 aromatic heterocycles. The molecule has 0 aliphatic rings. The van der Waals surface area contributed by atoms with E-state index in [0.29, 0.717) is 0 Å². The monoisotopic (exact) mass is 291 g/mol. The molecule has 0 saturated carbocycles. The first-order valence-corrected chi connectivity index (χ1v) is 5.02. The van der Waals surface area contributed by atoms with Gasteiger partial charge in [0.2, 0.25) is 0 Å². The molecular weight excluding hydrogens is 284 g/mol. The summed E-state index contributed by atoms with van der Waals surface area (Å²) in [5.74, 6) is -6.58. The maximum Gasteiger partial charge on any atom is 0.455 e. The quantitative estimate of drug-likeness (QED) is 0.819. The number of rotatable bonds is 2. The van der Waals surface area contributed by atoms with Gasteiger partial charge in [-0.3, -0.25) is 0 Å². The predicted octanol–water partition coefficient (Wildman–Crippen LogP) is 3.98. The molecule has 0 aliphatic carbocycles. The van der Waals surface area contributed by atoms with Crippen LogP contribution >= 0.6 is 11.6 Å². The van der Waals surface area contributed by atoms with E-state index in [0.717, 1.165) is 12.1 Å². The van der Waals surface area contributed by atoms with Crippen LogP contribution in [0, 0.1) is 12.7 Å². The summed E-state index contributed by atoms with van der Waals surface area (Å²) >= 11 is 5.53.